The van der Waals surface area contributed by atoms with Crippen LogP contribution >= 0.6 is 0 Å². The summed E-state index contributed by atoms with van der Waals surface area (Å²) in [4.78, 5) is 2.22. The van der Waals surface area contributed by atoms with Crippen molar-refractivity contribution in [2.45, 2.75) is 26.8 Å². The minimum Gasteiger partial charge on any atom is -0.508 e. The maximum Gasteiger partial charge on any atom is 0.120 e. The third-order valence-electron chi connectivity index (χ3n) is 2.28. The highest BCUT2D eigenvalue weighted by molar-refractivity contribution is 5.35. The van der Waals surface area contributed by atoms with E-state index in [1.165, 1.54) is 5.56 Å². The van der Waals surface area contributed by atoms with Gasteiger partial charge in [-0.05, 0) is 33.0 Å². The average Bonchev–Trinajstić information content (AvgIpc) is 2.12. The van der Waals surface area contributed by atoms with E-state index in [2.05, 4.69) is 18.9 Å². The lowest BCUT2D eigenvalue weighted by molar-refractivity contribution is 0.320. The van der Waals surface area contributed by atoms with Crippen molar-refractivity contribution in [3.8, 4) is 5.75 Å². The number of aromatic hydroxyl groups is 1. The fourth-order valence-corrected chi connectivity index (χ4v) is 1.59. The highest BCUT2D eigenvalue weighted by Gasteiger charge is 2.04. The lowest BCUT2D eigenvalue weighted by atomic mass is 10.1. The van der Waals surface area contributed by atoms with Crippen LogP contribution in [0.3, 0.4) is 0 Å². The number of benzene rings is 1. The zero-order chi connectivity index (χ0) is 10.6. The molecule has 0 bridgehead atoms. The molecule has 0 unspecified atom stereocenters. The van der Waals surface area contributed by atoms with Gasteiger partial charge in [0.25, 0.3) is 0 Å². The van der Waals surface area contributed by atoms with Gasteiger partial charge in [-0.25, -0.2) is 0 Å². The summed E-state index contributed by atoms with van der Waals surface area (Å²) in [6.45, 7) is 6.09. The fraction of sp³-hybridized carbons (Fsp3) is 0.500. The van der Waals surface area contributed by atoms with E-state index in [0.717, 1.165) is 25.1 Å². The van der Waals surface area contributed by atoms with E-state index < -0.39 is 0 Å². The van der Waals surface area contributed by atoms with Crippen molar-refractivity contribution in [1.82, 2.24) is 4.90 Å². The molecule has 1 rings (SSSR count). The van der Waals surface area contributed by atoms with Crippen LogP contribution in [0.4, 0.5) is 0 Å². The van der Waals surface area contributed by atoms with Crippen LogP contribution in [0.1, 0.15) is 24.5 Å². The van der Waals surface area contributed by atoms with Crippen LogP contribution in [0.5, 0.6) is 5.75 Å². The number of aryl methyl sites for hydroxylation is 1. The molecule has 0 atom stereocenters. The van der Waals surface area contributed by atoms with Crippen molar-refractivity contribution in [3.05, 3.63) is 29.3 Å². The van der Waals surface area contributed by atoms with Crippen molar-refractivity contribution in [3.63, 3.8) is 0 Å². The molecule has 0 aliphatic carbocycles. The third-order valence-corrected chi connectivity index (χ3v) is 2.28. The summed E-state index contributed by atoms with van der Waals surface area (Å²) in [5, 5.41) is 9.63. The van der Waals surface area contributed by atoms with Gasteiger partial charge in [-0.3, -0.25) is 0 Å². The number of hydrogen-bond acceptors (Lipinski definition) is 2. The molecule has 0 saturated carbocycles. The van der Waals surface area contributed by atoms with Gasteiger partial charge >= 0.3 is 0 Å². The van der Waals surface area contributed by atoms with Gasteiger partial charge in [0, 0.05) is 12.1 Å². The van der Waals surface area contributed by atoms with Crippen LogP contribution < -0.4 is 0 Å². The maximum atomic E-state index is 9.63. The van der Waals surface area contributed by atoms with Gasteiger partial charge in [0.05, 0.1) is 0 Å². The van der Waals surface area contributed by atoms with Crippen LogP contribution in [-0.4, -0.2) is 23.6 Å². The number of rotatable bonds is 4. The molecule has 0 aliphatic rings. The van der Waals surface area contributed by atoms with Gasteiger partial charge in [-0.2, -0.15) is 0 Å². The molecule has 0 aliphatic heterocycles. The van der Waals surface area contributed by atoms with Crippen LogP contribution in [0.2, 0.25) is 0 Å². The Morgan fingerprint density at radius 3 is 2.71 bits per heavy atom. The Bertz CT molecular complexity index is 296. The van der Waals surface area contributed by atoms with Crippen LogP contribution in [-0.2, 0) is 6.54 Å². The molecule has 0 aromatic heterocycles. The first-order valence-corrected chi connectivity index (χ1v) is 5.10. The molecule has 0 amide bonds. The first kappa shape index (κ1) is 11.1. The predicted octanol–water partition coefficient (Wildman–Crippen LogP) is 2.54. The van der Waals surface area contributed by atoms with E-state index in [-0.39, 0.29) is 0 Å². The Balaban J connectivity index is 2.70. The molecule has 78 valence electrons. The zero-order valence-electron chi connectivity index (χ0n) is 9.25. The Kier molecular flexibility index (Phi) is 3.96. The standard InChI is InChI=1S/C12H19NO/c1-4-7-13(3)9-11-8-10(2)5-6-12(11)14/h5-6,8,14H,4,7,9H2,1-3H3. The summed E-state index contributed by atoms with van der Waals surface area (Å²) < 4.78 is 0. The maximum absolute atomic E-state index is 9.63. The molecule has 1 aromatic rings. The Morgan fingerprint density at radius 2 is 2.07 bits per heavy atom. The molecule has 0 saturated heterocycles. The number of hydrogen-bond donors (Lipinski definition) is 1. The summed E-state index contributed by atoms with van der Waals surface area (Å²) in [7, 11) is 2.07. The lowest BCUT2D eigenvalue weighted by Gasteiger charge is -2.16. The summed E-state index contributed by atoms with van der Waals surface area (Å²) in [5.41, 5.74) is 2.21. The molecule has 0 heterocycles. The average molecular weight is 193 g/mol. The normalized spacial score (nSPS) is 10.9. The van der Waals surface area contributed by atoms with Crippen LogP contribution in [0, 0.1) is 6.92 Å². The molecule has 14 heavy (non-hydrogen) atoms. The highest BCUT2D eigenvalue weighted by Crippen LogP contribution is 2.19. The topological polar surface area (TPSA) is 23.5 Å². The summed E-state index contributed by atoms with van der Waals surface area (Å²) in [6.07, 6.45) is 1.14. The first-order valence-electron chi connectivity index (χ1n) is 5.10. The monoisotopic (exact) mass is 193 g/mol. The Morgan fingerprint density at radius 1 is 1.36 bits per heavy atom. The molecule has 2 heteroatoms. The summed E-state index contributed by atoms with van der Waals surface area (Å²) in [6, 6.07) is 5.74. The van der Waals surface area contributed by atoms with Gasteiger partial charge in [-0.15, -0.1) is 0 Å². The SMILES string of the molecule is CCCN(C)Cc1cc(C)ccc1O. The Labute approximate surface area is 86.2 Å². The molecule has 0 fully saturated rings. The molecule has 1 aromatic carbocycles. The van der Waals surface area contributed by atoms with Gasteiger partial charge in [0.2, 0.25) is 0 Å². The second kappa shape index (κ2) is 5.01. The van der Waals surface area contributed by atoms with Crippen LogP contribution in [0.15, 0.2) is 18.2 Å². The second-order valence-corrected chi connectivity index (χ2v) is 3.87. The highest BCUT2D eigenvalue weighted by atomic mass is 16.3. The van der Waals surface area contributed by atoms with E-state index in [9.17, 15) is 5.11 Å². The van der Waals surface area contributed by atoms with Gasteiger partial charge in [0.15, 0.2) is 0 Å². The molecule has 1 N–H and O–H groups in total. The van der Waals surface area contributed by atoms with Gasteiger partial charge < -0.3 is 10.0 Å². The van der Waals surface area contributed by atoms with Gasteiger partial charge in [0.1, 0.15) is 5.75 Å². The second-order valence-electron chi connectivity index (χ2n) is 3.87. The molecular weight excluding hydrogens is 174 g/mol. The van der Waals surface area contributed by atoms with Crippen molar-refractivity contribution in [2.24, 2.45) is 0 Å². The fourth-order valence-electron chi connectivity index (χ4n) is 1.59. The number of phenolic OH excluding ortho intramolecular Hbond substituents is 1. The van der Waals surface area contributed by atoms with E-state index in [4.69, 9.17) is 0 Å². The Hall–Kier alpha value is -1.02. The summed E-state index contributed by atoms with van der Waals surface area (Å²) >= 11 is 0. The van der Waals surface area contributed by atoms with Crippen molar-refractivity contribution in [2.75, 3.05) is 13.6 Å². The quantitative estimate of drug-likeness (QED) is 0.794. The zero-order valence-corrected chi connectivity index (χ0v) is 9.25. The smallest absolute Gasteiger partial charge is 0.120 e. The molecule has 2 nitrogen and oxygen atoms in total. The molecule has 0 radical (unpaired) electrons. The first-order chi connectivity index (χ1) is 6.63. The van der Waals surface area contributed by atoms with Gasteiger partial charge in [-0.1, -0.05) is 24.6 Å². The largest absolute Gasteiger partial charge is 0.508 e. The van der Waals surface area contributed by atoms with Crippen molar-refractivity contribution in [1.29, 1.82) is 0 Å². The summed E-state index contributed by atoms with van der Waals surface area (Å²) in [5.74, 6) is 0.401. The number of phenols is 1. The predicted molar refractivity (Wildman–Crippen MR) is 59.5 cm³/mol. The molecule has 0 spiro atoms. The minimum absolute atomic E-state index is 0.401. The van der Waals surface area contributed by atoms with E-state index >= 15 is 0 Å². The van der Waals surface area contributed by atoms with E-state index in [1.54, 1.807) is 6.07 Å². The molecular formula is C12H19NO. The third kappa shape index (κ3) is 3.04. The lowest BCUT2D eigenvalue weighted by Crippen LogP contribution is -2.18. The van der Waals surface area contributed by atoms with E-state index in [0.29, 0.717) is 5.75 Å². The van der Waals surface area contributed by atoms with Crippen molar-refractivity contribution < 1.29 is 5.11 Å². The van der Waals surface area contributed by atoms with Crippen LogP contribution in [0.25, 0.3) is 0 Å². The van der Waals surface area contributed by atoms with E-state index in [1.807, 2.05) is 19.1 Å². The van der Waals surface area contributed by atoms with Crippen molar-refractivity contribution >= 4 is 0 Å². The minimum atomic E-state index is 0.401. The number of nitrogens with zero attached hydrogens (tertiary/aromatic N) is 1.